The summed E-state index contributed by atoms with van der Waals surface area (Å²) in [6.45, 7) is 4.42. The van der Waals surface area contributed by atoms with Crippen LogP contribution in [0.5, 0.6) is 0 Å². The van der Waals surface area contributed by atoms with E-state index in [1.54, 1.807) is 6.20 Å². The third kappa shape index (κ3) is 4.26. The Hall–Kier alpha value is -3.72. The number of aromatic amines is 1. The number of nitrogen functional groups attached to an aromatic ring is 1. The second-order valence-corrected chi connectivity index (χ2v) is 9.11. The van der Waals surface area contributed by atoms with E-state index in [-0.39, 0.29) is 11.6 Å². The zero-order valence-electron chi connectivity index (χ0n) is 19.6. The van der Waals surface area contributed by atoms with Gasteiger partial charge in [-0.1, -0.05) is 18.2 Å². The van der Waals surface area contributed by atoms with E-state index in [1.165, 1.54) is 6.33 Å². The first kappa shape index (κ1) is 22.1. The zero-order valence-corrected chi connectivity index (χ0v) is 19.6. The van der Waals surface area contributed by atoms with Crippen molar-refractivity contribution in [2.24, 2.45) is 0 Å². The molecular weight excluding hydrogens is 428 g/mol. The van der Waals surface area contributed by atoms with E-state index in [9.17, 15) is 4.79 Å². The van der Waals surface area contributed by atoms with Gasteiger partial charge in [0.05, 0.1) is 18.1 Å². The predicted molar refractivity (Wildman–Crippen MR) is 134 cm³/mol. The van der Waals surface area contributed by atoms with Crippen LogP contribution in [0.3, 0.4) is 0 Å². The molecule has 0 unspecified atom stereocenters. The zero-order chi connectivity index (χ0) is 23.7. The number of rotatable bonds is 6. The maximum atomic E-state index is 13.8. The van der Waals surface area contributed by atoms with E-state index in [4.69, 9.17) is 5.73 Å². The van der Waals surface area contributed by atoms with Crippen LogP contribution in [-0.2, 0) is 13.0 Å². The molecule has 4 heterocycles. The fourth-order valence-electron chi connectivity index (χ4n) is 4.90. The van der Waals surface area contributed by atoms with Crippen molar-refractivity contribution in [3.05, 3.63) is 75.7 Å². The molecular formula is C25H30N8O. The van der Waals surface area contributed by atoms with Crippen molar-refractivity contribution >= 4 is 22.4 Å². The van der Waals surface area contributed by atoms with Gasteiger partial charge in [0, 0.05) is 29.9 Å². The smallest absolute Gasteiger partial charge is 0.259 e. The lowest BCUT2D eigenvalue weighted by atomic mass is 10.0. The van der Waals surface area contributed by atoms with Gasteiger partial charge in [-0.2, -0.15) is 5.10 Å². The Balaban J connectivity index is 1.52. The summed E-state index contributed by atoms with van der Waals surface area (Å²) in [6.07, 6.45) is 7.52. The molecule has 0 radical (unpaired) electrons. The van der Waals surface area contributed by atoms with Crippen molar-refractivity contribution < 1.29 is 0 Å². The Kier molecular flexibility index (Phi) is 6.02. The van der Waals surface area contributed by atoms with E-state index in [1.807, 2.05) is 35.9 Å². The fraction of sp³-hybridized carbons (Fsp3) is 0.360. The molecule has 0 saturated carbocycles. The van der Waals surface area contributed by atoms with Gasteiger partial charge >= 0.3 is 0 Å². The Morgan fingerprint density at radius 1 is 1.24 bits per heavy atom. The van der Waals surface area contributed by atoms with Crippen LogP contribution in [0.2, 0.25) is 0 Å². The number of piperidine rings is 1. The molecule has 4 N–H and O–H groups in total. The summed E-state index contributed by atoms with van der Waals surface area (Å²) >= 11 is 0. The third-order valence-corrected chi connectivity index (χ3v) is 6.77. The molecule has 5 rings (SSSR count). The van der Waals surface area contributed by atoms with Crippen molar-refractivity contribution in [1.29, 1.82) is 0 Å². The van der Waals surface area contributed by atoms with Crippen molar-refractivity contribution in [3.63, 3.8) is 0 Å². The Bertz CT molecular complexity index is 1350. The lowest BCUT2D eigenvalue weighted by Crippen LogP contribution is -2.37. The molecule has 0 spiro atoms. The second kappa shape index (κ2) is 9.26. The number of fused-ring (bicyclic) bond motifs is 1. The fourth-order valence-corrected chi connectivity index (χ4v) is 4.90. The van der Waals surface area contributed by atoms with Gasteiger partial charge in [0.25, 0.3) is 5.56 Å². The molecule has 1 aliphatic heterocycles. The van der Waals surface area contributed by atoms with Gasteiger partial charge in [0.15, 0.2) is 0 Å². The SMILES string of the molecule is Cc1cccc2cc(CNc3ncnc(N)c3Cc3cn[nH]c3)n(C3CCN(C)CC3)c(=O)c12. The molecule has 1 aromatic carbocycles. The molecule has 0 aliphatic carbocycles. The van der Waals surface area contributed by atoms with Gasteiger partial charge in [-0.25, -0.2) is 9.97 Å². The molecule has 9 nitrogen and oxygen atoms in total. The molecule has 1 aliphatic rings. The topological polar surface area (TPSA) is 118 Å². The van der Waals surface area contributed by atoms with Gasteiger partial charge in [-0.3, -0.25) is 9.89 Å². The van der Waals surface area contributed by atoms with E-state index in [0.29, 0.717) is 24.6 Å². The normalized spacial score (nSPS) is 15.1. The number of pyridine rings is 1. The Labute approximate surface area is 198 Å². The number of nitrogens with one attached hydrogen (secondary N) is 2. The second-order valence-electron chi connectivity index (χ2n) is 9.11. The van der Waals surface area contributed by atoms with Crippen LogP contribution in [-0.4, -0.2) is 49.8 Å². The highest BCUT2D eigenvalue weighted by atomic mass is 16.1. The van der Waals surface area contributed by atoms with Crippen molar-refractivity contribution in [1.82, 2.24) is 29.6 Å². The van der Waals surface area contributed by atoms with Crippen LogP contribution in [0.15, 0.2) is 47.8 Å². The van der Waals surface area contributed by atoms with E-state index in [0.717, 1.165) is 59.1 Å². The quantitative estimate of drug-likeness (QED) is 0.407. The van der Waals surface area contributed by atoms with Crippen LogP contribution in [0.4, 0.5) is 11.6 Å². The Morgan fingerprint density at radius 3 is 2.82 bits per heavy atom. The van der Waals surface area contributed by atoms with Crippen LogP contribution in [0.1, 0.15) is 41.3 Å². The molecule has 0 atom stereocenters. The highest BCUT2D eigenvalue weighted by Gasteiger charge is 2.23. The summed E-state index contributed by atoms with van der Waals surface area (Å²) in [5, 5.41) is 12.1. The number of aryl methyl sites for hydroxylation is 1. The summed E-state index contributed by atoms with van der Waals surface area (Å²) in [6, 6.07) is 8.33. The molecule has 4 aromatic rings. The number of hydrogen-bond acceptors (Lipinski definition) is 7. The predicted octanol–water partition coefficient (Wildman–Crippen LogP) is 2.87. The first-order valence-electron chi connectivity index (χ1n) is 11.6. The highest BCUT2D eigenvalue weighted by molar-refractivity contribution is 5.85. The number of benzene rings is 1. The van der Waals surface area contributed by atoms with Crippen LogP contribution >= 0.6 is 0 Å². The number of nitrogens with zero attached hydrogens (tertiary/aromatic N) is 5. The average Bonchev–Trinajstić information content (AvgIpc) is 3.34. The van der Waals surface area contributed by atoms with Gasteiger partial charge in [0.1, 0.15) is 18.0 Å². The summed E-state index contributed by atoms with van der Waals surface area (Å²) in [5.74, 6) is 1.10. The minimum atomic E-state index is 0.0859. The van der Waals surface area contributed by atoms with E-state index in [2.05, 4.69) is 43.5 Å². The number of anilines is 2. The summed E-state index contributed by atoms with van der Waals surface area (Å²) in [7, 11) is 2.13. The number of likely N-dealkylation sites (tertiary alicyclic amines) is 1. The first-order valence-corrected chi connectivity index (χ1v) is 11.6. The maximum absolute atomic E-state index is 13.8. The van der Waals surface area contributed by atoms with Crippen molar-refractivity contribution in [3.8, 4) is 0 Å². The minimum Gasteiger partial charge on any atom is -0.383 e. The molecule has 3 aromatic heterocycles. The first-order chi connectivity index (χ1) is 16.5. The van der Waals surface area contributed by atoms with Crippen LogP contribution in [0, 0.1) is 6.92 Å². The summed E-state index contributed by atoms with van der Waals surface area (Å²) < 4.78 is 2.01. The monoisotopic (exact) mass is 458 g/mol. The molecule has 9 heteroatoms. The van der Waals surface area contributed by atoms with Gasteiger partial charge in [0.2, 0.25) is 0 Å². The lowest BCUT2D eigenvalue weighted by Gasteiger charge is -2.32. The summed E-state index contributed by atoms with van der Waals surface area (Å²) in [5.41, 5.74) is 10.1. The number of aromatic nitrogens is 5. The molecule has 1 fully saturated rings. The molecule has 0 bridgehead atoms. The molecule has 34 heavy (non-hydrogen) atoms. The van der Waals surface area contributed by atoms with Crippen molar-refractivity contribution in [2.45, 2.75) is 38.8 Å². The lowest BCUT2D eigenvalue weighted by molar-refractivity contribution is 0.217. The van der Waals surface area contributed by atoms with Gasteiger partial charge in [-0.15, -0.1) is 0 Å². The third-order valence-electron chi connectivity index (χ3n) is 6.77. The van der Waals surface area contributed by atoms with Crippen molar-refractivity contribution in [2.75, 3.05) is 31.2 Å². The number of hydrogen-bond donors (Lipinski definition) is 3. The van der Waals surface area contributed by atoms with Gasteiger partial charge in [-0.05, 0) is 62.5 Å². The van der Waals surface area contributed by atoms with Crippen LogP contribution in [0.25, 0.3) is 10.8 Å². The highest BCUT2D eigenvalue weighted by Crippen LogP contribution is 2.26. The minimum absolute atomic E-state index is 0.0859. The van der Waals surface area contributed by atoms with Gasteiger partial charge < -0.3 is 20.5 Å². The van der Waals surface area contributed by atoms with Crippen LogP contribution < -0.4 is 16.6 Å². The average molecular weight is 459 g/mol. The number of H-pyrrole nitrogens is 1. The maximum Gasteiger partial charge on any atom is 0.259 e. The largest absolute Gasteiger partial charge is 0.383 e. The number of nitrogens with two attached hydrogens (primary N) is 1. The molecule has 0 amide bonds. The van der Waals surface area contributed by atoms with E-state index >= 15 is 0 Å². The Morgan fingerprint density at radius 2 is 2.06 bits per heavy atom. The summed E-state index contributed by atoms with van der Waals surface area (Å²) in [4.78, 5) is 24.7. The standard InChI is InChI=1S/C25H30N8O/c1-16-4-3-5-18-11-20(33(25(34)22(16)18)19-6-8-32(2)9-7-19)14-27-24-21(23(26)28-15-29-24)10-17-12-30-31-13-17/h3-5,11-13,15,19H,6-10,14H2,1-2H3,(H,30,31)(H3,26,27,28,29). The molecule has 176 valence electrons. The molecule has 1 saturated heterocycles. The van der Waals surface area contributed by atoms with E-state index < -0.39 is 0 Å².